The van der Waals surface area contributed by atoms with Crippen LogP contribution in [0, 0.1) is 19.3 Å². The number of anilines is 2. The first-order valence-electron chi connectivity index (χ1n) is 8.70. The van der Waals surface area contributed by atoms with Gasteiger partial charge in [0.2, 0.25) is 5.95 Å². The van der Waals surface area contributed by atoms with Crippen LogP contribution in [0.5, 0.6) is 5.75 Å². The number of terminal acetylenes is 1. The van der Waals surface area contributed by atoms with E-state index in [2.05, 4.69) is 26.5 Å². The number of hydrogen-bond donors (Lipinski definition) is 2. The monoisotopic (exact) mass is 344 g/mol. The molecule has 2 heterocycles. The van der Waals surface area contributed by atoms with Gasteiger partial charge >= 0.3 is 0 Å². The van der Waals surface area contributed by atoms with Gasteiger partial charge in [0.1, 0.15) is 11.9 Å². The molecule has 1 saturated heterocycles. The quantitative estimate of drug-likeness (QED) is 0.711. The minimum Gasteiger partial charge on any atom is -0.489 e. The first-order valence-corrected chi connectivity index (χ1v) is 8.70. The Morgan fingerprint density at radius 3 is 3.04 bits per heavy atom. The summed E-state index contributed by atoms with van der Waals surface area (Å²) in [6, 6.07) is 11.8. The fourth-order valence-corrected chi connectivity index (χ4v) is 3.16. The summed E-state index contributed by atoms with van der Waals surface area (Å²) < 4.78 is 6.01. The van der Waals surface area contributed by atoms with Crippen molar-refractivity contribution < 1.29 is 4.74 Å². The van der Waals surface area contributed by atoms with Gasteiger partial charge in [-0.3, -0.25) is 0 Å². The summed E-state index contributed by atoms with van der Waals surface area (Å²) in [6.45, 7) is 3.91. The summed E-state index contributed by atoms with van der Waals surface area (Å²) in [7, 11) is 0. The van der Waals surface area contributed by atoms with Crippen molar-refractivity contribution >= 4 is 22.5 Å². The molecule has 0 spiro atoms. The number of fused-ring (bicyclic) bond motifs is 1. The summed E-state index contributed by atoms with van der Waals surface area (Å²) >= 11 is 0. The molecule has 4 rings (SSSR count). The van der Waals surface area contributed by atoms with Gasteiger partial charge in [-0.2, -0.15) is 0 Å². The number of aryl methyl sites for hydroxylation is 1. The van der Waals surface area contributed by atoms with Gasteiger partial charge in [-0.15, -0.1) is 6.42 Å². The highest BCUT2D eigenvalue weighted by atomic mass is 16.5. The van der Waals surface area contributed by atoms with E-state index in [0.29, 0.717) is 5.95 Å². The molecule has 0 radical (unpaired) electrons. The van der Waals surface area contributed by atoms with E-state index in [9.17, 15) is 0 Å². The van der Waals surface area contributed by atoms with Crippen LogP contribution >= 0.6 is 0 Å². The Balaban J connectivity index is 1.57. The lowest BCUT2D eigenvalue weighted by atomic mass is 10.1. The lowest BCUT2D eigenvalue weighted by Gasteiger charge is -2.14. The Morgan fingerprint density at radius 1 is 1.31 bits per heavy atom. The Hall–Kier alpha value is -3.10. The SMILES string of the molecule is C#Cc1cc(C)c2nc(Nc3cccc(O[C@@H]4CCNC4)c3)ncc2c1. The van der Waals surface area contributed by atoms with Gasteiger partial charge in [0.15, 0.2) is 0 Å². The third kappa shape index (κ3) is 3.46. The molecule has 2 N–H and O–H groups in total. The van der Waals surface area contributed by atoms with Gasteiger partial charge in [-0.1, -0.05) is 12.0 Å². The molecule has 5 nitrogen and oxygen atoms in total. The van der Waals surface area contributed by atoms with Gasteiger partial charge in [-0.05, 0) is 49.7 Å². The molecule has 1 aliphatic heterocycles. The Morgan fingerprint density at radius 2 is 2.23 bits per heavy atom. The molecule has 1 atom stereocenters. The molecule has 0 unspecified atom stereocenters. The number of nitrogens with one attached hydrogen (secondary N) is 2. The van der Waals surface area contributed by atoms with E-state index in [-0.39, 0.29) is 6.10 Å². The average Bonchev–Trinajstić information content (AvgIpc) is 3.15. The molecule has 2 aromatic carbocycles. The number of nitrogens with zero attached hydrogens (tertiary/aromatic N) is 2. The van der Waals surface area contributed by atoms with Crippen molar-refractivity contribution in [3.63, 3.8) is 0 Å². The predicted molar refractivity (Wildman–Crippen MR) is 104 cm³/mol. The molecule has 130 valence electrons. The summed E-state index contributed by atoms with van der Waals surface area (Å²) in [4.78, 5) is 9.05. The fourth-order valence-electron chi connectivity index (χ4n) is 3.16. The lowest BCUT2D eigenvalue weighted by molar-refractivity contribution is 0.223. The second kappa shape index (κ2) is 7.03. The molecular weight excluding hydrogens is 324 g/mol. The Bertz CT molecular complexity index is 987. The summed E-state index contributed by atoms with van der Waals surface area (Å²) in [5.41, 5.74) is 3.66. The molecule has 3 aromatic rings. The van der Waals surface area contributed by atoms with Crippen LogP contribution in [-0.2, 0) is 0 Å². The molecule has 1 aliphatic rings. The maximum Gasteiger partial charge on any atom is 0.227 e. The van der Waals surface area contributed by atoms with E-state index in [1.807, 2.05) is 43.3 Å². The zero-order valence-electron chi connectivity index (χ0n) is 14.6. The van der Waals surface area contributed by atoms with Crippen LogP contribution in [0.25, 0.3) is 10.9 Å². The summed E-state index contributed by atoms with van der Waals surface area (Å²) in [5, 5.41) is 7.50. The molecule has 0 amide bonds. The van der Waals surface area contributed by atoms with Crippen molar-refractivity contribution in [2.75, 3.05) is 18.4 Å². The predicted octanol–water partition coefficient (Wildman–Crippen LogP) is 3.40. The second-order valence-electron chi connectivity index (χ2n) is 6.45. The minimum absolute atomic E-state index is 0.232. The number of benzene rings is 2. The van der Waals surface area contributed by atoms with Gasteiger partial charge < -0.3 is 15.4 Å². The highest BCUT2D eigenvalue weighted by Crippen LogP contribution is 2.24. The van der Waals surface area contributed by atoms with E-state index in [1.165, 1.54) is 0 Å². The topological polar surface area (TPSA) is 59.1 Å². The van der Waals surface area contributed by atoms with Crippen LogP contribution in [-0.4, -0.2) is 29.2 Å². The minimum atomic E-state index is 0.232. The number of ether oxygens (including phenoxy) is 1. The lowest BCUT2D eigenvalue weighted by Crippen LogP contribution is -2.19. The highest BCUT2D eigenvalue weighted by Gasteiger charge is 2.16. The fraction of sp³-hybridized carbons (Fsp3) is 0.238. The van der Waals surface area contributed by atoms with Crippen molar-refractivity contribution in [3.05, 3.63) is 53.7 Å². The normalized spacial score (nSPS) is 16.4. The molecule has 0 bridgehead atoms. The molecule has 26 heavy (non-hydrogen) atoms. The van der Waals surface area contributed by atoms with Crippen molar-refractivity contribution in [1.29, 1.82) is 0 Å². The van der Waals surface area contributed by atoms with Crippen LogP contribution < -0.4 is 15.4 Å². The van der Waals surface area contributed by atoms with Crippen LogP contribution in [0.1, 0.15) is 17.5 Å². The van der Waals surface area contributed by atoms with Crippen LogP contribution in [0.2, 0.25) is 0 Å². The number of aromatic nitrogens is 2. The zero-order valence-corrected chi connectivity index (χ0v) is 14.6. The van der Waals surface area contributed by atoms with Crippen molar-refractivity contribution in [3.8, 4) is 18.1 Å². The maximum absolute atomic E-state index is 6.01. The van der Waals surface area contributed by atoms with Crippen molar-refractivity contribution in [2.45, 2.75) is 19.4 Å². The summed E-state index contributed by atoms with van der Waals surface area (Å²) in [5.74, 6) is 4.06. The van der Waals surface area contributed by atoms with Crippen LogP contribution in [0.15, 0.2) is 42.6 Å². The van der Waals surface area contributed by atoms with Crippen LogP contribution in [0.3, 0.4) is 0 Å². The number of hydrogen-bond acceptors (Lipinski definition) is 5. The molecule has 1 aromatic heterocycles. The second-order valence-corrected chi connectivity index (χ2v) is 6.45. The van der Waals surface area contributed by atoms with Gasteiger partial charge in [0.05, 0.1) is 5.52 Å². The molecule has 5 heteroatoms. The standard InChI is InChI=1S/C21H20N4O/c1-3-15-9-14(2)20-16(10-15)12-23-21(25-20)24-17-5-4-6-18(11-17)26-19-7-8-22-13-19/h1,4-6,9-12,19,22H,7-8,13H2,2H3,(H,23,24,25)/t19-/m1/s1. The number of rotatable bonds is 4. The Kier molecular flexibility index (Phi) is 4.42. The first kappa shape index (κ1) is 16.4. The highest BCUT2D eigenvalue weighted by molar-refractivity contribution is 5.83. The third-order valence-electron chi connectivity index (χ3n) is 4.45. The van der Waals surface area contributed by atoms with E-state index >= 15 is 0 Å². The van der Waals surface area contributed by atoms with Crippen molar-refractivity contribution in [1.82, 2.24) is 15.3 Å². The van der Waals surface area contributed by atoms with Gasteiger partial charge in [0, 0.05) is 35.4 Å². The maximum atomic E-state index is 6.01. The van der Waals surface area contributed by atoms with Gasteiger partial charge in [0.25, 0.3) is 0 Å². The largest absolute Gasteiger partial charge is 0.489 e. The third-order valence-corrected chi connectivity index (χ3v) is 4.45. The zero-order chi connectivity index (χ0) is 17.9. The molecular formula is C21H20N4O. The van der Waals surface area contributed by atoms with E-state index in [4.69, 9.17) is 11.2 Å². The first-order chi connectivity index (χ1) is 12.7. The molecule has 1 fully saturated rings. The molecule has 0 aliphatic carbocycles. The molecule has 0 saturated carbocycles. The summed E-state index contributed by atoms with van der Waals surface area (Å²) in [6.07, 6.45) is 8.55. The van der Waals surface area contributed by atoms with Crippen molar-refractivity contribution in [2.24, 2.45) is 0 Å². The average molecular weight is 344 g/mol. The van der Waals surface area contributed by atoms with Gasteiger partial charge in [-0.25, -0.2) is 9.97 Å². The van der Waals surface area contributed by atoms with E-state index in [1.54, 1.807) is 6.20 Å². The van der Waals surface area contributed by atoms with Crippen LogP contribution in [0.4, 0.5) is 11.6 Å². The smallest absolute Gasteiger partial charge is 0.227 e. The Labute approximate surface area is 152 Å². The van der Waals surface area contributed by atoms with E-state index in [0.717, 1.165) is 53.0 Å². The van der Waals surface area contributed by atoms with E-state index < -0.39 is 0 Å².